The smallest absolute Gasteiger partial charge is 0.231 e. The van der Waals surface area contributed by atoms with Crippen LogP contribution in [0.3, 0.4) is 0 Å². The molecule has 6 aromatic carbocycles. The maximum absolute atomic E-state index is 6.41. The van der Waals surface area contributed by atoms with Crippen LogP contribution in [-0.2, 0) is 5.41 Å². The molecule has 0 N–H and O–H groups in total. The highest BCUT2D eigenvalue weighted by Gasteiger charge is 2.38. The Morgan fingerprint density at radius 3 is 2.15 bits per heavy atom. The largest absolute Gasteiger partial charge is 0.438 e. The lowest BCUT2D eigenvalue weighted by Gasteiger charge is -2.24. The van der Waals surface area contributed by atoms with Crippen molar-refractivity contribution in [3.8, 4) is 39.5 Å². The van der Waals surface area contributed by atoms with Crippen LogP contribution in [0.15, 0.2) is 144 Å². The quantitative estimate of drug-likeness (QED) is 0.202. The van der Waals surface area contributed by atoms with E-state index in [0.717, 1.165) is 38.9 Å². The average Bonchev–Trinajstić information content (AvgIpc) is 3.74. The van der Waals surface area contributed by atoms with Gasteiger partial charge >= 0.3 is 0 Å². The van der Waals surface area contributed by atoms with Gasteiger partial charge in [-0.3, -0.25) is 0 Å². The van der Waals surface area contributed by atoms with Gasteiger partial charge in [0.05, 0.1) is 27.8 Å². The molecule has 0 fully saturated rings. The molecule has 47 heavy (non-hydrogen) atoms. The molecule has 0 radical (unpaired) electrons. The maximum Gasteiger partial charge on any atom is 0.231 e. The molecule has 0 aliphatic heterocycles. The van der Waals surface area contributed by atoms with Gasteiger partial charge < -0.3 is 8.98 Å². The molecule has 3 heterocycles. The molecule has 1 aliphatic rings. The van der Waals surface area contributed by atoms with Crippen LogP contribution in [0.2, 0.25) is 0 Å². The minimum absolute atomic E-state index is 0.185. The van der Waals surface area contributed by atoms with Gasteiger partial charge in [0.1, 0.15) is 5.58 Å². The Bertz CT molecular complexity index is 2710. The lowest BCUT2D eigenvalue weighted by atomic mass is 9.81. The normalized spacial score (nSPS) is 13.5. The van der Waals surface area contributed by atoms with Gasteiger partial charge in [0.15, 0.2) is 5.82 Å². The van der Waals surface area contributed by atoms with Gasteiger partial charge in [-0.1, -0.05) is 135 Å². The Hall–Kier alpha value is -6.00. The predicted molar refractivity (Wildman–Crippen MR) is 192 cm³/mol. The summed E-state index contributed by atoms with van der Waals surface area (Å²) in [6, 6.07) is 49.3. The molecule has 0 amide bonds. The third-order valence-corrected chi connectivity index (χ3v) is 10.0. The molecule has 0 unspecified atom stereocenters. The van der Waals surface area contributed by atoms with E-state index < -0.39 is 0 Å². The van der Waals surface area contributed by atoms with Crippen molar-refractivity contribution in [2.45, 2.75) is 19.3 Å². The zero-order chi connectivity index (χ0) is 31.3. The maximum atomic E-state index is 6.41. The summed E-state index contributed by atoms with van der Waals surface area (Å²) in [6.07, 6.45) is 0. The zero-order valence-electron chi connectivity index (χ0n) is 26.0. The van der Waals surface area contributed by atoms with Gasteiger partial charge in [-0.05, 0) is 40.5 Å². The van der Waals surface area contributed by atoms with E-state index in [4.69, 9.17) is 14.4 Å². The highest BCUT2D eigenvalue weighted by molar-refractivity contribution is 6.15. The Labute approximate surface area is 271 Å². The second kappa shape index (κ2) is 9.51. The molecule has 4 heteroatoms. The topological polar surface area (TPSA) is 43.9 Å². The van der Waals surface area contributed by atoms with Crippen molar-refractivity contribution >= 4 is 43.9 Å². The van der Waals surface area contributed by atoms with Crippen molar-refractivity contribution in [3.05, 3.63) is 151 Å². The third kappa shape index (κ3) is 3.58. The number of benzene rings is 6. The zero-order valence-corrected chi connectivity index (χ0v) is 26.0. The summed E-state index contributed by atoms with van der Waals surface area (Å²) in [5.41, 5.74) is 12.8. The van der Waals surface area contributed by atoms with Gasteiger partial charge in [-0.25, -0.2) is 4.98 Å². The molecule has 0 bridgehead atoms. The summed E-state index contributed by atoms with van der Waals surface area (Å²) >= 11 is 0. The van der Waals surface area contributed by atoms with Crippen molar-refractivity contribution in [1.29, 1.82) is 0 Å². The molecule has 0 atom stereocenters. The van der Waals surface area contributed by atoms with Crippen LogP contribution in [0.4, 0.5) is 0 Å². The van der Waals surface area contributed by atoms with Gasteiger partial charge in [0, 0.05) is 32.7 Å². The van der Waals surface area contributed by atoms with Crippen LogP contribution in [0, 0.1) is 0 Å². The monoisotopic (exact) mass is 603 g/mol. The Balaban J connectivity index is 1.35. The lowest BCUT2D eigenvalue weighted by Crippen LogP contribution is -2.16. The Morgan fingerprint density at radius 1 is 0.574 bits per heavy atom. The van der Waals surface area contributed by atoms with E-state index >= 15 is 0 Å². The fourth-order valence-electron chi connectivity index (χ4n) is 7.97. The van der Waals surface area contributed by atoms with Gasteiger partial charge in [-0.2, -0.15) is 4.98 Å². The van der Waals surface area contributed by atoms with E-state index in [2.05, 4.69) is 122 Å². The lowest BCUT2D eigenvalue weighted by molar-refractivity contribution is 0.653. The molecule has 3 aromatic heterocycles. The summed E-state index contributed by atoms with van der Waals surface area (Å²) in [5, 5.41) is 4.41. The number of para-hydroxylation sites is 3. The van der Waals surface area contributed by atoms with Crippen molar-refractivity contribution in [2.75, 3.05) is 0 Å². The van der Waals surface area contributed by atoms with Crippen LogP contribution >= 0.6 is 0 Å². The number of hydrogen-bond acceptors (Lipinski definition) is 3. The van der Waals surface area contributed by atoms with Crippen LogP contribution in [0.5, 0.6) is 0 Å². The highest BCUT2D eigenvalue weighted by Crippen LogP contribution is 2.53. The van der Waals surface area contributed by atoms with Crippen molar-refractivity contribution < 1.29 is 4.42 Å². The molecule has 4 nitrogen and oxygen atoms in total. The molecule has 9 aromatic rings. The number of hydrogen-bond donors (Lipinski definition) is 0. The summed E-state index contributed by atoms with van der Waals surface area (Å²) in [5.74, 6) is 0.640. The molecule has 0 saturated carbocycles. The highest BCUT2D eigenvalue weighted by atomic mass is 16.3. The Morgan fingerprint density at radius 2 is 1.28 bits per heavy atom. The first kappa shape index (κ1) is 26.2. The van der Waals surface area contributed by atoms with Crippen LogP contribution in [-0.4, -0.2) is 14.5 Å². The second-order valence-electron chi connectivity index (χ2n) is 13.0. The first-order valence-corrected chi connectivity index (χ1v) is 16.1. The Kier molecular flexibility index (Phi) is 5.31. The number of aromatic nitrogens is 3. The summed E-state index contributed by atoms with van der Waals surface area (Å²) < 4.78 is 8.89. The first-order valence-electron chi connectivity index (χ1n) is 16.1. The average molecular weight is 604 g/mol. The van der Waals surface area contributed by atoms with Crippen LogP contribution in [0.25, 0.3) is 83.3 Å². The SMILES string of the molecule is CC1(C)c2ccccc2-c2ccc3c4ccccc4n(-c4ccccc4-c4nc(-c5ccccc5)nc5oc6ccccc6c45)c3c21. The second-order valence-corrected chi connectivity index (χ2v) is 13.0. The standard InChI is InChI=1S/C43H29N3O/c1-43(2)33-20-10-6-16-27(33)29-24-25-30-28-17-7-11-21-34(28)46(40(30)38(29)43)35-22-12-8-18-31(35)39-37-32-19-9-13-23-36(32)47-42(37)45-41(44-39)26-14-4-3-5-15-26/h3-25H,1-2H3. The van der Waals surface area contributed by atoms with Gasteiger partial charge in [0.25, 0.3) is 0 Å². The van der Waals surface area contributed by atoms with E-state index in [-0.39, 0.29) is 5.41 Å². The van der Waals surface area contributed by atoms with E-state index in [1.54, 1.807) is 0 Å². The van der Waals surface area contributed by atoms with E-state index in [0.29, 0.717) is 11.5 Å². The molecular formula is C43H29N3O. The minimum Gasteiger partial charge on any atom is -0.438 e. The van der Waals surface area contributed by atoms with Crippen LogP contribution < -0.4 is 0 Å². The van der Waals surface area contributed by atoms with Gasteiger partial charge in [-0.15, -0.1) is 0 Å². The van der Waals surface area contributed by atoms with Gasteiger partial charge in [0.2, 0.25) is 5.71 Å². The van der Waals surface area contributed by atoms with Crippen molar-refractivity contribution in [2.24, 2.45) is 0 Å². The fraction of sp³-hybridized carbons (Fsp3) is 0.0698. The fourth-order valence-corrected chi connectivity index (χ4v) is 7.97. The molecule has 1 aliphatic carbocycles. The minimum atomic E-state index is -0.185. The summed E-state index contributed by atoms with van der Waals surface area (Å²) in [6.45, 7) is 4.73. The molecule has 10 rings (SSSR count). The number of furan rings is 1. The molecule has 0 spiro atoms. The van der Waals surface area contributed by atoms with E-state index in [9.17, 15) is 0 Å². The summed E-state index contributed by atoms with van der Waals surface area (Å²) in [7, 11) is 0. The van der Waals surface area contributed by atoms with Crippen molar-refractivity contribution in [3.63, 3.8) is 0 Å². The van der Waals surface area contributed by atoms with Crippen LogP contribution in [0.1, 0.15) is 25.0 Å². The molecular weight excluding hydrogens is 574 g/mol. The number of nitrogens with zero attached hydrogens (tertiary/aromatic N) is 3. The molecule has 0 saturated heterocycles. The predicted octanol–water partition coefficient (Wildman–Crippen LogP) is 11.1. The number of fused-ring (bicyclic) bond motifs is 10. The van der Waals surface area contributed by atoms with E-state index in [1.807, 2.05) is 36.4 Å². The molecule has 222 valence electrons. The van der Waals surface area contributed by atoms with E-state index in [1.165, 1.54) is 44.1 Å². The number of rotatable bonds is 3. The van der Waals surface area contributed by atoms with Crippen molar-refractivity contribution in [1.82, 2.24) is 14.5 Å². The third-order valence-electron chi connectivity index (χ3n) is 10.0. The summed E-state index contributed by atoms with van der Waals surface area (Å²) in [4.78, 5) is 10.3. The first-order chi connectivity index (χ1) is 23.1.